The molecule has 100 valence electrons. The Kier molecular flexibility index (Phi) is 5.45. The fourth-order valence-corrected chi connectivity index (χ4v) is 1.29. The smallest absolute Gasteiger partial charge is 0.260 e. The fraction of sp³-hybridized carbons (Fsp3) is 0.462. The first-order valence-electron chi connectivity index (χ1n) is 5.72. The first-order valence-corrected chi connectivity index (χ1v) is 5.72. The molecule has 5 nitrogen and oxygen atoms in total. The van der Waals surface area contributed by atoms with Gasteiger partial charge in [-0.1, -0.05) is 0 Å². The largest absolute Gasteiger partial charge is 0.497 e. The minimum atomic E-state index is -0.211. The maximum atomic E-state index is 11.7. The van der Waals surface area contributed by atoms with E-state index in [0.29, 0.717) is 5.75 Å². The molecule has 1 N–H and O–H groups in total. The maximum Gasteiger partial charge on any atom is 0.260 e. The first-order chi connectivity index (χ1) is 8.58. The molecule has 1 unspecified atom stereocenters. The van der Waals surface area contributed by atoms with Gasteiger partial charge < -0.3 is 19.5 Å². The molecule has 1 aromatic carbocycles. The van der Waals surface area contributed by atoms with Crippen LogP contribution in [0.15, 0.2) is 24.3 Å². The van der Waals surface area contributed by atoms with Crippen molar-refractivity contribution in [2.45, 2.75) is 13.0 Å². The van der Waals surface area contributed by atoms with Crippen molar-refractivity contribution >= 4 is 5.91 Å². The van der Waals surface area contributed by atoms with Gasteiger partial charge in [-0.15, -0.1) is 0 Å². The average molecular weight is 253 g/mol. The van der Waals surface area contributed by atoms with Gasteiger partial charge in [0, 0.05) is 7.05 Å². The topological polar surface area (TPSA) is 59.0 Å². The number of benzene rings is 1. The molecule has 0 fully saturated rings. The van der Waals surface area contributed by atoms with Crippen molar-refractivity contribution in [2.75, 3.05) is 27.4 Å². The van der Waals surface area contributed by atoms with E-state index in [1.807, 2.05) is 0 Å². The standard InChI is InChI=1S/C13H19NO4/c1-10(8-15)14(2)13(16)9-18-12-6-4-11(17-3)5-7-12/h4-7,10,15H,8-9H2,1-3H3. The molecule has 0 spiro atoms. The average Bonchev–Trinajstić information content (AvgIpc) is 2.43. The van der Waals surface area contributed by atoms with Gasteiger partial charge in [-0.05, 0) is 31.2 Å². The summed E-state index contributed by atoms with van der Waals surface area (Å²) >= 11 is 0. The number of methoxy groups -OCH3 is 1. The van der Waals surface area contributed by atoms with Crippen molar-refractivity contribution in [3.8, 4) is 11.5 Å². The molecular formula is C13H19NO4. The summed E-state index contributed by atoms with van der Waals surface area (Å²) in [6.07, 6.45) is 0. The second kappa shape index (κ2) is 6.86. The van der Waals surface area contributed by atoms with E-state index < -0.39 is 0 Å². The number of hydrogen-bond donors (Lipinski definition) is 1. The lowest BCUT2D eigenvalue weighted by atomic mass is 10.3. The fourth-order valence-electron chi connectivity index (χ4n) is 1.29. The zero-order chi connectivity index (χ0) is 13.5. The van der Waals surface area contributed by atoms with Crippen LogP contribution < -0.4 is 9.47 Å². The lowest BCUT2D eigenvalue weighted by Crippen LogP contribution is -2.40. The number of nitrogens with zero attached hydrogens (tertiary/aromatic N) is 1. The summed E-state index contributed by atoms with van der Waals surface area (Å²) < 4.78 is 10.4. The number of aliphatic hydroxyl groups excluding tert-OH is 1. The van der Waals surface area contributed by atoms with E-state index in [1.54, 1.807) is 45.3 Å². The number of ether oxygens (including phenoxy) is 2. The van der Waals surface area contributed by atoms with Crippen molar-refractivity contribution in [1.82, 2.24) is 4.90 Å². The molecule has 1 atom stereocenters. The van der Waals surface area contributed by atoms with Crippen LogP contribution in [0.25, 0.3) is 0 Å². The molecule has 1 rings (SSSR count). The summed E-state index contributed by atoms with van der Waals surface area (Å²) in [5.74, 6) is 1.17. The van der Waals surface area contributed by atoms with E-state index in [-0.39, 0.29) is 25.2 Å². The van der Waals surface area contributed by atoms with Crippen LogP contribution in [-0.2, 0) is 4.79 Å². The van der Waals surface area contributed by atoms with Gasteiger partial charge in [0.1, 0.15) is 11.5 Å². The van der Waals surface area contributed by atoms with Crippen LogP contribution in [0.2, 0.25) is 0 Å². The maximum absolute atomic E-state index is 11.7. The third-order valence-corrected chi connectivity index (χ3v) is 2.74. The summed E-state index contributed by atoms with van der Waals surface area (Å²) in [5, 5.41) is 8.95. The van der Waals surface area contributed by atoms with Crippen LogP contribution in [0.3, 0.4) is 0 Å². The molecule has 0 aliphatic rings. The van der Waals surface area contributed by atoms with Crippen molar-refractivity contribution in [3.63, 3.8) is 0 Å². The number of carbonyl (C=O) groups is 1. The molecular weight excluding hydrogens is 234 g/mol. The zero-order valence-electron chi connectivity index (χ0n) is 10.9. The highest BCUT2D eigenvalue weighted by molar-refractivity contribution is 5.77. The normalized spacial score (nSPS) is 11.8. The second-order valence-electron chi connectivity index (χ2n) is 4.00. The Bertz CT molecular complexity index is 377. The van der Waals surface area contributed by atoms with Crippen molar-refractivity contribution in [3.05, 3.63) is 24.3 Å². The Labute approximate surface area is 107 Å². The molecule has 0 saturated heterocycles. The van der Waals surface area contributed by atoms with Crippen molar-refractivity contribution < 1.29 is 19.4 Å². The van der Waals surface area contributed by atoms with Gasteiger partial charge in [0.05, 0.1) is 19.8 Å². The monoisotopic (exact) mass is 253 g/mol. The molecule has 5 heteroatoms. The first kappa shape index (κ1) is 14.3. The molecule has 1 amide bonds. The van der Waals surface area contributed by atoms with E-state index >= 15 is 0 Å². The summed E-state index contributed by atoms with van der Waals surface area (Å²) in [6, 6.07) is 6.79. The van der Waals surface area contributed by atoms with Gasteiger partial charge in [0.25, 0.3) is 5.91 Å². The molecule has 1 aromatic rings. The van der Waals surface area contributed by atoms with Crippen LogP contribution >= 0.6 is 0 Å². The van der Waals surface area contributed by atoms with Crippen LogP contribution in [0.1, 0.15) is 6.92 Å². The third kappa shape index (κ3) is 3.92. The Morgan fingerprint density at radius 1 is 1.33 bits per heavy atom. The quantitative estimate of drug-likeness (QED) is 0.818. The number of hydrogen-bond acceptors (Lipinski definition) is 4. The SMILES string of the molecule is COc1ccc(OCC(=O)N(C)C(C)CO)cc1. The van der Waals surface area contributed by atoms with Crippen molar-refractivity contribution in [2.24, 2.45) is 0 Å². The predicted octanol–water partition coefficient (Wildman–Crippen LogP) is 0.913. The predicted molar refractivity (Wildman–Crippen MR) is 67.8 cm³/mol. The Morgan fingerprint density at radius 3 is 2.39 bits per heavy atom. The van der Waals surface area contributed by atoms with Gasteiger partial charge in [0.2, 0.25) is 0 Å². The van der Waals surface area contributed by atoms with Gasteiger partial charge >= 0.3 is 0 Å². The van der Waals surface area contributed by atoms with Crippen LogP contribution in [0.5, 0.6) is 11.5 Å². The van der Waals surface area contributed by atoms with Crippen LogP contribution in [0.4, 0.5) is 0 Å². The number of carbonyl (C=O) groups excluding carboxylic acids is 1. The highest BCUT2D eigenvalue weighted by Crippen LogP contribution is 2.16. The van der Waals surface area contributed by atoms with E-state index in [9.17, 15) is 4.79 Å². The molecule has 0 aliphatic heterocycles. The second-order valence-corrected chi connectivity index (χ2v) is 4.00. The summed E-state index contributed by atoms with van der Waals surface area (Å²) in [5.41, 5.74) is 0. The van der Waals surface area contributed by atoms with Crippen LogP contribution in [-0.4, -0.2) is 49.3 Å². The summed E-state index contributed by atoms with van der Waals surface area (Å²) in [4.78, 5) is 13.2. The van der Waals surface area contributed by atoms with E-state index in [1.165, 1.54) is 4.90 Å². The van der Waals surface area contributed by atoms with Gasteiger partial charge in [-0.3, -0.25) is 4.79 Å². The van der Waals surface area contributed by atoms with Crippen molar-refractivity contribution in [1.29, 1.82) is 0 Å². The Balaban J connectivity index is 2.46. The lowest BCUT2D eigenvalue weighted by Gasteiger charge is -2.23. The molecule has 18 heavy (non-hydrogen) atoms. The minimum Gasteiger partial charge on any atom is -0.497 e. The number of rotatable bonds is 6. The minimum absolute atomic E-state index is 0.0484. The number of likely N-dealkylation sites (N-methyl/N-ethyl adjacent to an activating group) is 1. The Hall–Kier alpha value is -1.75. The molecule has 0 radical (unpaired) electrons. The van der Waals surface area contributed by atoms with Gasteiger partial charge in [-0.25, -0.2) is 0 Å². The number of amides is 1. The van der Waals surface area contributed by atoms with E-state index in [4.69, 9.17) is 14.6 Å². The highest BCUT2D eigenvalue weighted by Gasteiger charge is 2.15. The van der Waals surface area contributed by atoms with E-state index in [0.717, 1.165) is 5.75 Å². The van der Waals surface area contributed by atoms with Crippen LogP contribution in [0, 0.1) is 0 Å². The molecule has 0 aliphatic carbocycles. The summed E-state index contributed by atoms with van der Waals surface area (Å²) in [6.45, 7) is 1.66. The molecule has 0 bridgehead atoms. The zero-order valence-corrected chi connectivity index (χ0v) is 10.9. The highest BCUT2D eigenvalue weighted by atomic mass is 16.5. The third-order valence-electron chi connectivity index (χ3n) is 2.74. The number of aliphatic hydroxyl groups is 1. The Morgan fingerprint density at radius 2 is 1.89 bits per heavy atom. The summed E-state index contributed by atoms with van der Waals surface area (Å²) in [7, 11) is 3.23. The van der Waals surface area contributed by atoms with Gasteiger partial charge in [-0.2, -0.15) is 0 Å². The lowest BCUT2D eigenvalue weighted by molar-refractivity contribution is -0.134. The molecule has 0 heterocycles. The molecule has 0 saturated carbocycles. The van der Waals surface area contributed by atoms with Gasteiger partial charge in [0.15, 0.2) is 6.61 Å². The molecule has 0 aromatic heterocycles. The van der Waals surface area contributed by atoms with E-state index in [2.05, 4.69) is 0 Å².